The molecule has 21 heavy (non-hydrogen) atoms. The molecule has 8 heteroatoms. The molecule has 0 bridgehead atoms. The van der Waals surface area contributed by atoms with Crippen molar-refractivity contribution >= 4 is 17.3 Å². The highest BCUT2D eigenvalue weighted by Crippen LogP contribution is 2.23. The Kier molecular flexibility index (Phi) is 4.84. The molecule has 1 aliphatic heterocycles. The normalized spacial score (nSPS) is 22.2. The summed E-state index contributed by atoms with van der Waals surface area (Å²) in [5.74, 6) is -0.347. The van der Waals surface area contributed by atoms with Crippen LogP contribution in [0.1, 0.15) is 6.42 Å². The van der Waals surface area contributed by atoms with Gasteiger partial charge in [-0.15, -0.1) is 0 Å². The average Bonchev–Trinajstić information content (AvgIpc) is 2.76. The first-order chi connectivity index (χ1) is 9.97. The van der Waals surface area contributed by atoms with Crippen LogP contribution in [0.2, 0.25) is 0 Å². The van der Waals surface area contributed by atoms with Crippen molar-refractivity contribution in [2.45, 2.75) is 18.6 Å². The van der Waals surface area contributed by atoms with E-state index in [4.69, 9.17) is 0 Å². The van der Waals surface area contributed by atoms with Gasteiger partial charge in [-0.25, -0.2) is 0 Å². The fourth-order valence-corrected chi connectivity index (χ4v) is 2.24. The van der Waals surface area contributed by atoms with Crippen molar-refractivity contribution in [3.63, 3.8) is 0 Å². The zero-order valence-electron chi connectivity index (χ0n) is 11.3. The minimum atomic E-state index is -0.789. The Labute approximate surface area is 121 Å². The maximum Gasteiger partial charge on any atom is 0.292 e. The summed E-state index contributed by atoms with van der Waals surface area (Å²) in [5.41, 5.74) is 0.00635. The third-order valence-electron chi connectivity index (χ3n) is 3.36. The van der Waals surface area contributed by atoms with Crippen LogP contribution < -0.4 is 5.32 Å². The minimum Gasteiger partial charge on any atom is -0.389 e. The smallest absolute Gasteiger partial charge is 0.292 e. The standard InChI is InChI=1S/C13H17N3O5/c17-11-7-15(8-12(11)18)6-5-13(19)14-9-3-1-2-4-10(9)16(20)21/h1-4,11-12,17-18H,5-8H2,(H,14,19)/t11-,12-/m0/s1. The van der Waals surface area contributed by atoms with Crippen LogP contribution in [0.3, 0.4) is 0 Å². The first kappa shape index (κ1) is 15.4. The summed E-state index contributed by atoms with van der Waals surface area (Å²) in [7, 11) is 0. The van der Waals surface area contributed by atoms with Crippen LogP contribution in [-0.4, -0.2) is 57.8 Å². The average molecular weight is 295 g/mol. The molecule has 0 radical (unpaired) electrons. The summed E-state index contributed by atoms with van der Waals surface area (Å²) in [6.45, 7) is 1.01. The molecule has 1 aliphatic rings. The van der Waals surface area contributed by atoms with E-state index >= 15 is 0 Å². The maximum absolute atomic E-state index is 11.8. The molecular formula is C13H17N3O5. The fraction of sp³-hybridized carbons (Fsp3) is 0.462. The van der Waals surface area contributed by atoms with E-state index in [1.807, 2.05) is 0 Å². The van der Waals surface area contributed by atoms with E-state index in [1.54, 1.807) is 11.0 Å². The lowest BCUT2D eigenvalue weighted by atomic mass is 10.2. The van der Waals surface area contributed by atoms with Crippen molar-refractivity contribution in [1.82, 2.24) is 4.90 Å². The van der Waals surface area contributed by atoms with Crippen molar-refractivity contribution in [2.75, 3.05) is 25.0 Å². The molecule has 1 amide bonds. The molecule has 1 heterocycles. The van der Waals surface area contributed by atoms with Crippen LogP contribution in [0.15, 0.2) is 24.3 Å². The van der Waals surface area contributed by atoms with E-state index in [2.05, 4.69) is 5.32 Å². The summed E-state index contributed by atoms with van der Waals surface area (Å²) in [5, 5.41) is 32.1. The molecule has 1 aromatic rings. The molecule has 2 rings (SSSR count). The Balaban J connectivity index is 1.87. The van der Waals surface area contributed by atoms with Crippen LogP contribution >= 0.6 is 0 Å². The number of nitro benzene ring substituents is 1. The predicted octanol–water partition coefficient (Wildman–Crippen LogP) is -0.0392. The van der Waals surface area contributed by atoms with Gasteiger partial charge in [0.2, 0.25) is 5.91 Å². The molecule has 1 saturated heterocycles. The second-order valence-electron chi connectivity index (χ2n) is 4.97. The molecule has 0 aromatic heterocycles. The summed E-state index contributed by atoms with van der Waals surface area (Å²) < 4.78 is 0. The van der Waals surface area contributed by atoms with Gasteiger partial charge < -0.3 is 15.5 Å². The van der Waals surface area contributed by atoms with Crippen molar-refractivity contribution in [3.05, 3.63) is 34.4 Å². The van der Waals surface area contributed by atoms with E-state index in [0.29, 0.717) is 19.6 Å². The number of aliphatic hydroxyl groups excluding tert-OH is 2. The number of benzene rings is 1. The van der Waals surface area contributed by atoms with Crippen LogP contribution in [-0.2, 0) is 4.79 Å². The SMILES string of the molecule is O=C(CCN1C[C@H](O)[C@@H](O)C1)Nc1ccccc1[N+](=O)[O-]. The number of para-hydroxylation sites is 2. The number of carbonyl (C=O) groups excluding carboxylic acids is 1. The monoisotopic (exact) mass is 295 g/mol. The lowest BCUT2D eigenvalue weighted by Crippen LogP contribution is -2.27. The lowest BCUT2D eigenvalue weighted by Gasteiger charge is -2.14. The third-order valence-corrected chi connectivity index (χ3v) is 3.36. The first-order valence-electron chi connectivity index (χ1n) is 6.59. The van der Waals surface area contributed by atoms with E-state index < -0.39 is 17.1 Å². The number of nitrogens with one attached hydrogen (secondary N) is 1. The van der Waals surface area contributed by atoms with Crippen molar-refractivity contribution in [1.29, 1.82) is 0 Å². The number of nitrogens with zero attached hydrogens (tertiary/aromatic N) is 2. The Bertz CT molecular complexity index is 526. The number of hydrogen-bond acceptors (Lipinski definition) is 6. The second-order valence-corrected chi connectivity index (χ2v) is 4.97. The Morgan fingerprint density at radius 1 is 1.33 bits per heavy atom. The zero-order valence-corrected chi connectivity index (χ0v) is 11.3. The fourth-order valence-electron chi connectivity index (χ4n) is 2.24. The number of anilines is 1. The number of likely N-dealkylation sites (tertiary alicyclic amines) is 1. The molecule has 2 atom stereocenters. The van der Waals surface area contributed by atoms with Gasteiger partial charge in [0.15, 0.2) is 0 Å². The van der Waals surface area contributed by atoms with Gasteiger partial charge in [0.05, 0.1) is 17.1 Å². The van der Waals surface area contributed by atoms with Gasteiger partial charge in [0, 0.05) is 32.1 Å². The van der Waals surface area contributed by atoms with Crippen LogP contribution in [0.5, 0.6) is 0 Å². The molecule has 0 saturated carbocycles. The largest absolute Gasteiger partial charge is 0.389 e. The Hall–Kier alpha value is -2.03. The summed E-state index contributed by atoms with van der Waals surface area (Å²) >= 11 is 0. The molecule has 0 aliphatic carbocycles. The molecule has 114 valence electrons. The van der Waals surface area contributed by atoms with Gasteiger partial charge in [-0.2, -0.15) is 0 Å². The molecule has 0 unspecified atom stereocenters. The van der Waals surface area contributed by atoms with Crippen molar-refractivity contribution < 1.29 is 19.9 Å². The topological polar surface area (TPSA) is 116 Å². The van der Waals surface area contributed by atoms with Gasteiger partial charge in [0.1, 0.15) is 5.69 Å². The highest BCUT2D eigenvalue weighted by molar-refractivity contribution is 5.93. The molecule has 1 aromatic carbocycles. The molecule has 3 N–H and O–H groups in total. The van der Waals surface area contributed by atoms with Crippen molar-refractivity contribution in [3.8, 4) is 0 Å². The van der Waals surface area contributed by atoms with Crippen LogP contribution in [0.4, 0.5) is 11.4 Å². The van der Waals surface area contributed by atoms with Crippen LogP contribution in [0.25, 0.3) is 0 Å². The van der Waals surface area contributed by atoms with E-state index in [0.717, 1.165) is 0 Å². The molecule has 1 fully saturated rings. The van der Waals surface area contributed by atoms with Gasteiger partial charge in [-0.1, -0.05) is 12.1 Å². The number of nitro groups is 1. The van der Waals surface area contributed by atoms with Gasteiger partial charge >= 0.3 is 0 Å². The van der Waals surface area contributed by atoms with E-state index in [1.165, 1.54) is 18.2 Å². The summed E-state index contributed by atoms with van der Waals surface area (Å²) in [6, 6.07) is 5.93. The number of hydrogen-bond donors (Lipinski definition) is 3. The molecule has 8 nitrogen and oxygen atoms in total. The van der Waals surface area contributed by atoms with E-state index in [-0.39, 0.29) is 23.7 Å². The lowest BCUT2D eigenvalue weighted by molar-refractivity contribution is -0.383. The van der Waals surface area contributed by atoms with Gasteiger partial charge in [-0.05, 0) is 6.07 Å². The molecular weight excluding hydrogens is 278 g/mol. The van der Waals surface area contributed by atoms with Gasteiger partial charge in [-0.3, -0.25) is 19.8 Å². The molecule has 0 spiro atoms. The quantitative estimate of drug-likeness (QED) is 0.518. The van der Waals surface area contributed by atoms with Crippen molar-refractivity contribution in [2.24, 2.45) is 0 Å². The first-order valence-corrected chi connectivity index (χ1v) is 6.59. The number of β-amino-alcohol motifs (C(OH)–C–C–N with tert-alkyl or cyclic N) is 2. The number of amides is 1. The highest BCUT2D eigenvalue weighted by Gasteiger charge is 2.29. The second kappa shape index (κ2) is 6.61. The zero-order chi connectivity index (χ0) is 15.4. The Morgan fingerprint density at radius 3 is 2.57 bits per heavy atom. The van der Waals surface area contributed by atoms with Crippen LogP contribution in [0, 0.1) is 10.1 Å². The highest BCUT2D eigenvalue weighted by atomic mass is 16.6. The Morgan fingerprint density at radius 2 is 1.95 bits per heavy atom. The summed E-state index contributed by atoms with van der Waals surface area (Å²) in [6.07, 6.45) is -1.45. The minimum absolute atomic E-state index is 0.130. The summed E-state index contributed by atoms with van der Waals surface area (Å²) in [4.78, 5) is 23.9. The number of rotatable bonds is 5. The number of carbonyl (C=O) groups is 1. The van der Waals surface area contributed by atoms with E-state index in [9.17, 15) is 25.1 Å². The predicted molar refractivity (Wildman–Crippen MR) is 74.8 cm³/mol. The third kappa shape index (κ3) is 3.97. The van der Waals surface area contributed by atoms with Gasteiger partial charge in [0.25, 0.3) is 5.69 Å². The maximum atomic E-state index is 11.8. The number of aliphatic hydroxyl groups is 2.